The van der Waals surface area contributed by atoms with Gasteiger partial charge in [0.25, 0.3) is 0 Å². The van der Waals surface area contributed by atoms with Crippen LogP contribution in [0.25, 0.3) is 10.4 Å². The second-order valence-corrected chi connectivity index (χ2v) is 5.02. The molecule has 0 N–H and O–H groups in total. The molecule has 7 nitrogen and oxygen atoms in total. The summed E-state index contributed by atoms with van der Waals surface area (Å²) in [5.74, 6) is -0.805. The molecule has 1 heterocycles. The zero-order chi connectivity index (χ0) is 15.4. The first-order valence-electron chi connectivity index (χ1n) is 6.26. The summed E-state index contributed by atoms with van der Waals surface area (Å²) in [5, 5.41) is 3.72. The van der Waals surface area contributed by atoms with Crippen LogP contribution in [0.3, 0.4) is 0 Å². The molecular weight excluding hydrogens is 296 g/mol. The lowest BCUT2D eigenvalue weighted by Gasteiger charge is -2.20. The molecule has 1 unspecified atom stereocenters. The Kier molecular flexibility index (Phi) is 4.67. The van der Waals surface area contributed by atoms with Gasteiger partial charge >= 0.3 is 5.97 Å². The van der Waals surface area contributed by atoms with Crippen molar-refractivity contribution in [1.29, 1.82) is 0 Å². The van der Waals surface area contributed by atoms with Crippen LogP contribution in [-0.2, 0) is 9.53 Å². The van der Waals surface area contributed by atoms with Gasteiger partial charge in [0.15, 0.2) is 0 Å². The van der Waals surface area contributed by atoms with E-state index in [1.165, 1.54) is 12.0 Å². The van der Waals surface area contributed by atoms with Gasteiger partial charge in [-0.15, -0.1) is 0 Å². The second-order valence-electron chi connectivity index (χ2n) is 4.61. The molecule has 1 aliphatic heterocycles. The fourth-order valence-corrected chi connectivity index (χ4v) is 2.58. The average molecular weight is 309 g/mol. The number of rotatable bonds is 4. The van der Waals surface area contributed by atoms with E-state index in [9.17, 15) is 9.59 Å². The van der Waals surface area contributed by atoms with Crippen LogP contribution in [0.5, 0.6) is 0 Å². The third kappa shape index (κ3) is 3.09. The third-order valence-corrected chi connectivity index (χ3v) is 3.60. The molecule has 2 rings (SSSR count). The molecule has 1 aromatic carbocycles. The summed E-state index contributed by atoms with van der Waals surface area (Å²) in [7, 11) is 1.26. The fraction of sp³-hybridized carbons (Fsp3) is 0.385. The van der Waals surface area contributed by atoms with Gasteiger partial charge in [0.05, 0.1) is 17.8 Å². The molecule has 110 valence electrons. The number of hydrogen-bond donors (Lipinski definition) is 0. The molecule has 1 amide bonds. The van der Waals surface area contributed by atoms with E-state index < -0.39 is 5.97 Å². The number of anilines is 1. The molecule has 1 aliphatic rings. The number of benzene rings is 1. The molecule has 0 aliphatic carbocycles. The van der Waals surface area contributed by atoms with Crippen molar-refractivity contribution in [3.05, 3.63) is 39.2 Å². The van der Waals surface area contributed by atoms with Crippen molar-refractivity contribution in [2.45, 2.75) is 6.42 Å². The standard InChI is InChI=1S/C13H13ClN4O3/c1-21-13(20)12-9(14)3-2-4-10(12)18-7-8(5-11(18)19)6-16-17-15/h2-4,8H,5-7H2,1H3. The van der Waals surface area contributed by atoms with Gasteiger partial charge in [0.1, 0.15) is 5.56 Å². The number of ether oxygens (including phenoxy) is 1. The minimum Gasteiger partial charge on any atom is -0.465 e. The molecule has 8 heteroatoms. The molecule has 1 aromatic rings. The summed E-state index contributed by atoms with van der Waals surface area (Å²) in [6.07, 6.45) is 0.270. The highest BCUT2D eigenvalue weighted by atomic mass is 35.5. The Morgan fingerprint density at radius 2 is 2.38 bits per heavy atom. The number of halogens is 1. The van der Waals surface area contributed by atoms with Crippen LogP contribution in [-0.4, -0.2) is 32.1 Å². The molecule has 0 radical (unpaired) electrons. The second kappa shape index (κ2) is 6.47. The van der Waals surface area contributed by atoms with Gasteiger partial charge in [0, 0.05) is 24.4 Å². The van der Waals surface area contributed by atoms with E-state index in [1.54, 1.807) is 18.2 Å². The van der Waals surface area contributed by atoms with E-state index in [4.69, 9.17) is 21.9 Å². The largest absolute Gasteiger partial charge is 0.465 e. The lowest BCUT2D eigenvalue weighted by atomic mass is 10.1. The summed E-state index contributed by atoms with van der Waals surface area (Å²) in [6.45, 7) is 0.620. The lowest BCUT2D eigenvalue weighted by molar-refractivity contribution is -0.117. The summed E-state index contributed by atoms with van der Waals surface area (Å²) >= 11 is 6.04. The van der Waals surface area contributed by atoms with E-state index in [0.717, 1.165) is 0 Å². The Labute approximate surface area is 126 Å². The zero-order valence-electron chi connectivity index (χ0n) is 11.3. The Bertz CT molecular complexity index is 628. The number of hydrogen-bond acceptors (Lipinski definition) is 4. The van der Waals surface area contributed by atoms with Gasteiger partial charge in [-0.25, -0.2) is 4.79 Å². The van der Waals surface area contributed by atoms with E-state index >= 15 is 0 Å². The number of carbonyl (C=O) groups is 2. The summed E-state index contributed by atoms with van der Waals surface area (Å²) in [6, 6.07) is 4.87. The number of azide groups is 1. The van der Waals surface area contributed by atoms with Crippen molar-refractivity contribution in [2.75, 3.05) is 25.1 Å². The highest BCUT2D eigenvalue weighted by molar-refractivity contribution is 6.34. The molecule has 1 atom stereocenters. The van der Waals surface area contributed by atoms with Crippen LogP contribution >= 0.6 is 11.6 Å². The molecular formula is C13H13ClN4O3. The Morgan fingerprint density at radius 1 is 1.62 bits per heavy atom. The van der Waals surface area contributed by atoms with Gasteiger partial charge in [-0.1, -0.05) is 22.8 Å². The van der Waals surface area contributed by atoms with Crippen molar-refractivity contribution in [2.24, 2.45) is 11.0 Å². The predicted octanol–water partition coefficient (Wildman–Crippen LogP) is 2.79. The van der Waals surface area contributed by atoms with E-state index in [1.807, 2.05) is 0 Å². The predicted molar refractivity (Wildman–Crippen MR) is 77.3 cm³/mol. The first-order valence-corrected chi connectivity index (χ1v) is 6.64. The smallest absolute Gasteiger partial charge is 0.341 e. The Morgan fingerprint density at radius 3 is 3.05 bits per heavy atom. The Hall–Kier alpha value is -2.24. The monoisotopic (exact) mass is 308 g/mol. The number of carbonyl (C=O) groups excluding carboxylic acids is 2. The zero-order valence-corrected chi connectivity index (χ0v) is 12.1. The highest BCUT2D eigenvalue weighted by Crippen LogP contribution is 2.32. The van der Waals surface area contributed by atoms with Gasteiger partial charge < -0.3 is 9.64 Å². The maximum absolute atomic E-state index is 12.1. The van der Waals surface area contributed by atoms with Crippen LogP contribution in [0.1, 0.15) is 16.8 Å². The van der Waals surface area contributed by atoms with Crippen molar-refractivity contribution in [1.82, 2.24) is 0 Å². The van der Waals surface area contributed by atoms with Crippen LogP contribution < -0.4 is 4.90 Å². The molecule has 0 spiro atoms. The third-order valence-electron chi connectivity index (χ3n) is 3.28. The molecule has 1 saturated heterocycles. The van der Waals surface area contributed by atoms with Crippen molar-refractivity contribution < 1.29 is 14.3 Å². The molecule has 0 bridgehead atoms. The summed E-state index contributed by atoms with van der Waals surface area (Å²) < 4.78 is 4.72. The minimum atomic E-state index is -0.595. The van der Waals surface area contributed by atoms with Crippen LogP contribution in [0.2, 0.25) is 5.02 Å². The lowest BCUT2D eigenvalue weighted by Crippen LogP contribution is -2.27. The molecule has 21 heavy (non-hydrogen) atoms. The first kappa shape index (κ1) is 15.2. The SMILES string of the molecule is COC(=O)c1c(Cl)cccc1N1CC(CN=[N+]=[N-])CC1=O. The van der Waals surface area contributed by atoms with Gasteiger partial charge in [-0.3, -0.25) is 4.79 Å². The molecule has 1 fully saturated rings. The fourth-order valence-electron chi connectivity index (χ4n) is 2.33. The van der Waals surface area contributed by atoms with Crippen LogP contribution in [0, 0.1) is 5.92 Å². The van der Waals surface area contributed by atoms with Crippen LogP contribution in [0.15, 0.2) is 23.3 Å². The van der Waals surface area contributed by atoms with Crippen LogP contribution in [0.4, 0.5) is 5.69 Å². The average Bonchev–Trinajstić information content (AvgIpc) is 2.85. The summed E-state index contributed by atoms with van der Waals surface area (Å²) in [5.41, 5.74) is 8.93. The van der Waals surface area contributed by atoms with Crippen molar-refractivity contribution in [3.63, 3.8) is 0 Å². The van der Waals surface area contributed by atoms with E-state index in [2.05, 4.69) is 10.0 Å². The number of amides is 1. The number of methoxy groups -OCH3 is 1. The van der Waals surface area contributed by atoms with Crippen molar-refractivity contribution in [3.8, 4) is 0 Å². The first-order chi connectivity index (χ1) is 10.1. The topological polar surface area (TPSA) is 95.4 Å². The van der Waals surface area contributed by atoms with Gasteiger partial charge in [0.2, 0.25) is 5.91 Å². The maximum atomic E-state index is 12.1. The molecule has 0 saturated carbocycles. The normalized spacial score (nSPS) is 17.5. The van der Waals surface area contributed by atoms with Crippen molar-refractivity contribution >= 4 is 29.2 Å². The maximum Gasteiger partial charge on any atom is 0.341 e. The number of esters is 1. The molecule has 0 aromatic heterocycles. The summed E-state index contributed by atoms with van der Waals surface area (Å²) in [4.78, 5) is 28.2. The van der Waals surface area contributed by atoms with Gasteiger partial charge in [-0.05, 0) is 23.6 Å². The number of nitrogens with zero attached hydrogens (tertiary/aromatic N) is 4. The Balaban J connectivity index is 2.34. The minimum absolute atomic E-state index is 0.0714. The quantitative estimate of drug-likeness (QED) is 0.370. The van der Waals surface area contributed by atoms with E-state index in [-0.39, 0.29) is 35.4 Å². The highest BCUT2D eigenvalue weighted by Gasteiger charge is 2.33. The van der Waals surface area contributed by atoms with Gasteiger partial charge in [-0.2, -0.15) is 0 Å². The van der Waals surface area contributed by atoms with E-state index in [0.29, 0.717) is 12.2 Å².